The molecule has 0 aliphatic carbocycles. The number of benzene rings is 2. The summed E-state index contributed by atoms with van der Waals surface area (Å²) in [6, 6.07) is 14.0. The molecule has 0 aromatic heterocycles. The lowest BCUT2D eigenvalue weighted by molar-refractivity contribution is -0.120. The molecule has 0 bridgehead atoms. The first kappa shape index (κ1) is 19.9. The highest BCUT2D eigenvalue weighted by Gasteiger charge is 2.16. The number of carbonyl (C=O) groups excluding carboxylic acids is 1. The van der Waals surface area contributed by atoms with Gasteiger partial charge in [0.15, 0.2) is 0 Å². The maximum absolute atomic E-state index is 12.2. The van der Waals surface area contributed by atoms with Gasteiger partial charge in [-0.15, -0.1) is 0 Å². The van der Waals surface area contributed by atoms with Gasteiger partial charge in [0.1, 0.15) is 0 Å². The molecule has 5 nitrogen and oxygen atoms in total. The standard InChI is InChI=1S/C17H18BrClN2O3S/c18-15-6-1-2-7-16(15)25(23,24)21-11-9-17(22)20-10-8-13-4-3-5-14(19)12-13/h1-7,12,21H,8-11H2,(H,20,22). The lowest BCUT2D eigenvalue weighted by atomic mass is 10.1. The Hall–Kier alpha value is -1.41. The molecule has 2 aromatic carbocycles. The Kier molecular flexibility index (Phi) is 7.43. The van der Waals surface area contributed by atoms with E-state index < -0.39 is 10.0 Å². The van der Waals surface area contributed by atoms with Crippen LogP contribution in [0.1, 0.15) is 12.0 Å². The van der Waals surface area contributed by atoms with Crippen molar-refractivity contribution in [1.82, 2.24) is 10.0 Å². The Morgan fingerprint density at radius 2 is 1.84 bits per heavy atom. The molecule has 0 fully saturated rings. The fraction of sp³-hybridized carbons (Fsp3) is 0.235. The van der Waals surface area contributed by atoms with Gasteiger partial charge in [0.25, 0.3) is 0 Å². The zero-order valence-electron chi connectivity index (χ0n) is 13.3. The molecular weight excluding hydrogens is 428 g/mol. The summed E-state index contributed by atoms with van der Waals surface area (Å²) in [6.45, 7) is 0.503. The number of nitrogens with one attached hydrogen (secondary N) is 2. The molecule has 1 amide bonds. The van der Waals surface area contributed by atoms with Crippen molar-refractivity contribution in [3.8, 4) is 0 Å². The minimum absolute atomic E-state index is 0.0344. The third kappa shape index (κ3) is 6.43. The van der Waals surface area contributed by atoms with Crippen molar-refractivity contribution in [1.29, 1.82) is 0 Å². The first-order valence-corrected chi connectivity index (χ1v) is 10.3. The first-order valence-electron chi connectivity index (χ1n) is 7.64. The first-order chi connectivity index (χ1) is 11.9. The van der Waals surface area contributed by atoms with Crippen molar-refractivity contribution in [3.05, 3.63) is 63.6 Å². The second-order valence-corrected chi connectivity index (χ2v) is 8.33. The van der Waals surface area contributed by atoms with E-state index >= 15 is 0 Å². The highest BCUT2D eigenvalue weighted by atomic mass is 79.9. The van der Waals surface area contributed by atoms with Crippen molar-refractivity contribution in [2.45, 2.75) is 17.7 Å². The molecule has 8 heteroatoms. The molecule has 0 unspecified atom stereocenters. The van der Waals surface area contributed by atoms with E-state index in [1.807, 2.05) is 18.2 Å². The zero-order chi connectivity index (χ0) is 18.3. The largest absolute Gasteiger partial charge is 0.356 e. The second-order valence-electron chi connectivity index (χ2n) is 5.31. The molecule has 0 aliphatic rings. The maximum Gasteiger partial charge on any atom is 0.241 e. The number of rotatable bonds is 8. The van der Waals surface area contributed by atoms with E-state index in [0.717, 1.165) is 5.56 Å². The van der Waals surface area contributed by atoms with Gasteiger partial charge in [0.2, 0.25) is 15.9 Å². The molecule has 0 heterocycles. The van der Waals surface area contributed by atoms with Gasteiger partial charge >= 0.3 is 0 Å². The van der Waals surface area contributed by atoms with Crippen LogP contribution in [-0.4, -0.2) is 27.4 Å². The minimum atomic E-state index is -3.65. The van der Waals surface area contributed by atoms with Crippen LogP contribution < -0.4 is 10.0 Å². The van der Waals surface area contributed by atoms with Crippen molar-refractivity contribution in [2.75, 3.05) is 13.1 Å². The minimum Gasteiger partial charge on any atom is -0.356 e. The van der Waals surface area contributed by atoms with Crippen LogP contribution >= 0.6 is 27.5 Å². The number of halogens is 2. The van der Waals surface area contributed by atoms with Gasteiger partial charge in [-0.05, 0) is 52.2 Å². The molecule has 25 heavy (non-hydrogen) atoms. The Morgan fingerprint density at radius 1 is 1.08 bits per heavy atom. The van der Waals surface area contributed by atoms with Crippen LogP contribution in [0.2, 0.25) is 5.02 Å². The molecule has 0 saturated heterocycles. The Morgan fingerprint density at radius 3 is 2.56 bits per heavy atom. The van der Waals surface area contributed by atoms with Crippen molar-refractivity contribution in [3.63, 3.8) is 0 Å². The lowest BCUT2D eigenvalue weighted by Gasteiger charge is -2.09. The van der Waals surface area contributed by atoms with Crippen LogP contribution in [-0.2, 0) is 21.2 Å². The highest BCUT2D eigenvalue weighted by molar-refractivity contribution is 9.10. The fourth-order valence-corrected chi connectivity index (χ4v) is 4.41. The molecule has 2 N–H and O–H groups in total. The van der Waals surface area contributed by atoms with Gasteiger partial charge in [-0.1, -0.05) is 35.9 Å². The molecule has 0 radical (unpaired) electrons. The summed E-state index contributed by atoms with van der Waals surface area (Å²) in [7, 11) is -3.65. The Bertz CT molecular complexity index is 843. The van der Waals surface area contributed by atoms with Gasteiger partial charge in [-0.3, -0.25) is 4.79 Å². The third-order valence-electron chi connectivity index (χ3n) is 3.40. The molecule has 0 spiro atoms. The number of amides is 1. The van der Waals surface area contributed by atoms with Gasteiger partial charge in [-0.25, -0.2) is 13.1 Å². The summed E-state index contributed by atoms with van der Waals surface area (Å²) in [5, 5.41) is 3.42. The SMILES string of the molecule is O=C(CCNS(=O)(=O)c1ccccc1Br)NCCc1cccc(Cl)c1. The van der Waals surface area contributed by atoms with Crippen molar-refractivity contribution in [2.24, 2.45) is 0 Å². The summed E-state index contributed by atoms with van der Waals surface area (Å²) in [5.41, 5.74) is 1.03. The topological polar surface area (TPSA) is 75.3 Å². The normalized spacial score (nSPS) is 11.3. The Labute approximate surface area is 161 Å². The Balaban J connectivity index is 1.74. The number of sulfonamides is 1. The fourth-order valence-electron chi connectivity index (χ4n) is 2.17. The monoisotopic (exact) mass is 444 g/mol. The van der Waals surface area contributed by atoms with Gasteiger partial charge < -0.3 is 5.32 Å². The number of carbonyl (C=O) groups is 1. The van der Waals surface area contributed by atoms with Crippen molar-refractivity contribution >= 4 is 43.5 Å². The number of hydrogen-bond acceptors (Lipinski definition) is 3. The summed E-state index contributed by atoms with van der Waals surface area (Å²) in [4.78, 5) is 12.0. The van der Waals surface area contributed by atoms with E-state index in [2.05, 4.69) is 26.0 Å². The van der Waals surface area contributed by atoms with Crippen molar-refractivity contribution < 1.29 is 13.2 Å². The van der Waals surface area contributed by atoms with Crippen LogP contribution in [0.5, 0.6) is 0 Å². The van der Waals surface area contributed by atoms with Crippen LogP contribution in [0.4, 0.5) is 0 Å². The molecule has 2 aromatic rings. The van der Waals surface area contributed by atoms with E-state index in [1.165, 1.54) is 6.07 Å². The molecule has 134 valence electrons. The average molecular weight is 446 g/mol. The van der Waals surface area contributed by atoms with Crippen LogP contribution in [0.25, 0.3) is 0 Å². The molecule has 2 rings (SSSR count). The van der Waals surface area contributed by atoms with Crippen LogP contribution in [0.3, 0.4) is 0 Å². The predicted octanol–water partition coefficient (Wildman–Crippen LogP) is 3.13. The summed E-state index contributed by atoms with van der Waals surface area (Å²) in [5.74, 6) is -0.211. The number of hydrogen-bond donors (Lipinski definition) is 2. The van der Waals surface area contributed by atoms with Gasteiger partial charge in [-0.2, -0.15) is 0 Å². The summed E-state index contributed by atoms with van der Waals surface area (Å²) < 4.78 is 27.3. The molecule has 0 atom stereocenters. The van der Waals surface area contributed by atoms with Gasteiger partial charge in [0, 0.05) is 29.0 Å². The average Bonchev–Trinajstić information content (AvgIpc) is 2.55. The van der Waals surface area contributed by atoms with Crippen LogP contribution in [0, 0.1) is 0 Å². The zero-order valence-corrected chi connectivity index (χ0v) is 16.5. The predicted molar refractivity (Wildman–Crippen MR) is 102 cm³/mol. The highest BCUT2D eigenvalue weighted by Crippen LogP contribution is 2.20. The van der Waals surface area contributed by atoms with E-state index in [-0.39, 0.29) is 23.8 Å². The van der Waals surface area contributed by atoms with Crippen LogP contribution in [0.15, 0.2) is 57.9 Å². The molecular formula is C17H18BrClN2O3S. The smallest absolute Gasteiger partial charge is 0.241 e. The third-order valence-corrected chi connectivity index (χ3v) is 6.10. The van der Waals surface area contributed by atoms with E-state index in [0.29, 0.717) is 22.5 Å². The molecule has 0 saturated carbocycles. The van der Waals surface area contributed by atoms with E-state index in [4.69, 9.17) is 11.6 Å². The summed E-state index contributed by atoms with van der Waals surface area (Å²) >= 11 is 9.11. The van der Waals surface area contributed by atoms with E-state index in [1.54, 1.807) is 24.3 Å². The maximum atomic E-state index is 12.2. The van der Waals surface area contributed by atoms with Gasteiger partial charge in [0.05, 0.1) is 4.90 Å². The molecule has 0 aliphatic heterocycles. The summed E-state index contributed by atoms with van der Waals surface area (Å²) in [6.07, 6.45) is 0.730. The second kappa shape index (κ2) is 9.33. The van der Waals surface area contributed by atoms with E-state index in [9.17, 15) is 13.2 Å². The lowest BCUT2D eigenvalue weighted by Crippen LogP contribution is -2.31. The quantitative estimate of drug-likeness (QED) is 0.655.